The Balaban J connectivity index is 1.67. The third kappa shape index (κ3) is 2.80. The number of H-pyrrole nitrogens is 2. The molecule has 2 aromatic heterocycles. The molecule has 4 aromatic rings. The van der Waals surface area contributed by atoms with Crippen LogP contribution in [0, 0.1) is 0 Å². The molecule has 1 atom stereocenters. The Morgan fingerprint density at radius 2 is 1.80 bits per heavy atom. The van der Waals surface area contributed by atoms with Crippen LogP contribution in [0.2, 0.25) is 0 Å². The van der Waals surface area contributed by atoms with E-state index in [0.717, 1.165) is 34.8 Å². The van der Waals surface area contributed by atoms with Crippen LogP contribution in [0.1, 0.15) is 22.4 Å². The van der Waals surface area contributed by atoms with Crippen molar-refractivity contribution in [3.8, 4) is 23.0 Å². The standard InChI is InChI=1S/C24H22N4O2/c1-29-20-9-8-17(14-21(20)30-2)24(16-6-4-3-5-7-16)11-10-18-19(15-24)27-28-22(18)23-25-12-13-26-23/h3-14H,15H2,1-2H3,(H,25,26)(H,27,28). The van der Waals surface area contributed by atoms with E-state index in [0.29, 0.717) is 11.5 Å². The van der Waals surface area contributed by atoms with E-state index in [1.165, 1.54) is 5.56 Å². The topological polar surface area (TPSA) is 75.8 Å². The fourth-order valence-corrected chi connectivity index (χ4v) is 4.25. The van der Waals surface area contributed by atoms with Crippen LogP contribution in [0.5, 0.6) is 11.5 Å². The molecule has 0 aliphatic heterocycles. The number of imidazole rings is 1. The molecule has 1 aliphatic rings. The number of ether oxygens (including phenoxy) is 2. The molecule has 0 radical (unpaired) electrons. The third-order valence-electron chi connectivity index (χ3n) is 5.78. The van der Waals surface area contributed by atoms with E-state index < -0.39 is 0 Å². The van der Waals surface area contributed by atoms with Crippen LogP contribution in [0.3, 0.4) is 0 Å². The van der Waals surface area contributed by atoms with Crippen LogP contribution < -0.4 is 9.47 Å². The molecule has 150 valence electrons. The zero-order valence-electron chi connectivity index (χ0n) is 16.8. The smallest absolute Gasteiger partial charge is 0.161 e. The number of nitrogens with zero attached hydrogens (tertiary/aromatic N) is 2. The molecule has 1 unspecified atom stereocenters. The Labute approximate surface area is 174 Å². The number of hydrogen-bond donors (Lipinski definition) is 2. The molecule has 6 nitrogen and oxygen atoms in total. The van der Waals surface area contributed by atoms with Crippen molar-refractivity contribution in [2.75, 3.05) is 14.2 Å². The van der Waals surface area contributed by atoms with Gasteiger partial charge in [-0.1, -0.05) is 48.6 Å². The van der Waals surface area contributed by atoms with E-state index in [2.05, 4.69) is 68.7 Å². The van der Waals surface area contributed by atoms with Crippen LogP contribution >= 0.6 is 0 Å². The van der Waals surface area contributed by atoms with E-state index in [1.54, 1.807) is 26.6 Å². The first-order chi connectivity index (χ1) is 14.7. The van der Waals surface area contributed by atoms with Crippen molar-refractivity contribution in [2.24, 2.45) is 0 Å². The molecule has 0 spiro atoms. The first kappa shape index (κ1) is 18.2. The molecule has 6 heteroatoms. The van der Waals surface area contributed by atoms with Crippen LogP contribution in [-0.2, 0) is 11.8 Å². The van der Waals surface area contributed by atoms with E-state index in [4.69, 9.17) is 9.47 Å². The van der Waals surface area contributed by atoms with Gasteiger partial charge in [0, 0.05) is 35.5 Å². The summed E-state index contributed by atoms with van der Waals surface area (Å²) in [7, 11) is 3.31. The highest BCUT2D eigenvalue weighted by atomic mass is 16.5. The van der Waals surface area contributed by atoms with Crippen molar-refractivity contribution >= 4 is 6.08 Å². The van der Waals surface area contributed by atoms with Crippen molar-refractivity contribution < 1.29 is 9.47 Å². The fraction of sp³-hybridized carbons (Fsp3) is 0.167. The zero-order chi connectivity index (χ0) is 20.6. The molecule has 1 aliphatic carbocycles. The largest absolute Gasteiger partial charge is 0.493 e. The Morgan fingerprint density at radius 1 is 0.967 bits per heavy atom. The predicted molar refractivity (Wildman–Crippen MR) is 116 cm³/mol. The lowest BCUT2D eigenvalue weighted by molar-refractivity contribution is 0.354. The minimum absolute atomic E-state index is 0.360. The van der Waals surface area contributed by atoms with Gasteiger partial charge in [0.15, 0.2) is 17.3 Å². The second-order valence-corrected chi connectivity index (χ2v) is 7.32. The summed E-state index contributed by atoms with van der Waals surface area (Å²) in [6, 6.07) is 16.6. The summed E-state index contributed by atoms with van der Waals surface area (Å²) in [5.41, 5.74) is 4.94. The van der Waals surface area contributed by atoms with Crippen molar-refractivity contribution in [1.82, 2.24) is 20.2 Å². The lowest BCUT2D eigenvalue weighted by atomic mass is 9.68. The summed E-state index contributed by atoms with van der Waals surface area (Å²) >= 11 is 0. The third-order valence-corrected chi connectivity index (χ3v) is 5.78. The average molecular weight is 398 g/mol. The highest BCUT2D eigenvalue weighted by molar-refractivity contribution is 5.73. The number of aromatic nitrogens is 4. The second-order valence-electron chi connectivity index (χ2n) is 7.32. The number of nitrogens with one attached hydrogen (secondary N) is 2. The number of aromatic amines is 2. The van der Waals surface area contributed by atoms with Crippen molar-refractivity contribution in [3.05, 3.63) is 89.4 Å². The highest BCUT2D eigenvalue weighted by Crippen LogP contribution is 2.44. The zero-order valence-corrected chi connectivity index (χ0v) is 16.8. The predicted octanol–water partition coefficient (Wildman–Crippen LogP) is 4.37. The Kier molecular flexibility index (Phi) is 4.39. The lowest BCUT2D eigenvalue weighted by Crippen LogP contribution is -2.30. The van der Waals surface area contributed by atoms with Crippen molar-refractivity contribution in [1.29, 1.82) is 0 Å². The molecule has 0 fully saturated rings. The molecule has 2 aromatic carbocycles. The first-order valence-corrected chi connectivity index (χ1v) is 9.79. The van der Waals surface area contributed by atoms with Gasteiger partial charge in [-0.25, -0.2) is 4.98 Å². The first-order valence-electron chi connectivity index (χ1n) is 9.79. The van der Waals surface area contributed by atoms with E-state index in [1.807, 2.05) is 12.1 Å². The molecule has 0 saturated carbocycles. The average Bonchev–Trinajstić information content (AvgIpc) is 3.48. The second kappa shape index (κ2) is 7.22. The molecule has 30 heavy (non-hydrogen) atoms. The summed E-state index contributed by atoms with van der Waals surface area (Å²) in [6.07, 6.45) is 8.69. The van der Waals surface area contributed by atoms with E-state index >= 15 is 0 Å². The van der Waals surface area contributed by atoms with Crippen molar-refractivity contribution in [2.45, 2.75) is 11.8 Å². The van der Waals surface area contributed by atoms with Gasteiger partial charge in [0.1, 0.15) is 5.69 Å². The Hall–Kier alpha value is -3.80. The fourth-order valence-electron chi connectivity index (χ4n) is 4.25. The lowest BCUT2D eigenvalue weighted by Gasteiger charge is -2.34. The monoisotopic (exact) mass is 398 g/mol. The molecule has 0 bridgehead atoms. The van der Waals surface area contributed by atoms with Crippen molar-refractivity contribution in [3.63, 3.8) is 0 Å². The maximum Gasteiger partial charge on any atom is 0.161 e. The normalized spacial score (nSPS) is 17.5. The van der Waals surface area contributed by atoms with Gasteiger partial charge in [-0.2, -0.15) is 5.10 Å². The van der Waals surface area contributed by atoms with Gasteiger partial charge in [0.05, 0.1) is 14.2 Å². The summed E-state index contributed by atoms with van der Waals surface area (Å²) in [4.78, 5) is 7.50. The van der Waals surface area contributed by atoms with Crippen LogP contribution in [0.15, 0.2) is 67.0 Å². The number of benzene rings is 2. The minimum atomic E-state index is -0.360. The van der Waals surface area contributed by atoms with Gasteiger partial charge < -0.3 is 14.5 Å². The number of rotatable bonds is 5. The van der Waals surface area contributed by atoms with Crippen LogP contribution in [0.25, 0.3) is 17.6 Å². The molecular formula is C24H22N4O2. The quantitative estimate of drug-likeness (QED) is 0.523. The van der Waals surface area contributed by atoms with E-state index in [9.17, 15) is 0 Å². The van der Waals surface area contributed by atoms with Crippen LogP contribution in [-0.4, -0.2) is 34.4 Å². The Morgan fingerprint density at radius 3 is 2.53 bits per heavy atom. The number of allylic oxidation sites excluding steroid dienone is 1. The van der Waals surface area contributed by atoms with E-state index in [-0.39, 0.29) is 5.41 Å². The number of hydrogen-bond acceptors (Lipinski definition) is 4. The van der Waals surface area contributed by atoms with Gasteiger partial charge in [-0.3, -0.25) is 5.10 Å². The maximum atomic E-state index is 5.59. The number of fused-ring (bicyclic) bond motifs is 1. The molecular weight excluding hydrogens is 376 g/mol. The maximum absolute atomic E-state index is 5.59. The molecule has 5 rings (SSSR count). The Bertz CT molecular complexity index is 1200. The molecule has 0 amide bonds. The molecule has 0 saturated heterocycles. The van der Waals surface area contributed by atoms with Crippen LogP contribution in [0.4, 0.5) is 0 Å². The van der Waals surface area contributed by atoms with Gasteiger partial charge in [-0.15, -0.1) is 0 Å². The summed E-state index contributed by atoms with van der Waals surface area (Å²) in [6.45, 7) is 0. The molecule has 2 heterocycles. The summed E-state index contributed by atoms with van der Waals surface area (Å²) in [5, 5.41) is 7.78. The van der Waals surface area contributed by atoms with Gasteiger partial charge >= 0.3 is 0 Å². The SMILES string of the molecule is COc1ccc(C2(c3ccccc3)C=Cc3c(-c4ncc[nH]4)n[nH]c3C2)cc1OC. The van der Waals surface area contributed by atoms with Gasteiger partial charge in [0.2, 0.25) is 0 Å². The van der Waals surface area contributed by atoms with Gasteiger partial charge in [-0.05, 0) is 23.3 Å². The highest BCUT2D eigenvalue weighted by Gasteiger charge is 2.37. The van der Waals surface area contributed by atoms with Gasteiger partial charge in [0.25, 0.3) is 0 Å². The molecule has 2 N–H and O–H groups in total. The minimum Gasteiger partial charge on any atom is -0.493 e. The summed E-state index contributed by atoms with van der Waals surface area (Å²) < 4.78 is 11.0. The number of methoxy groups -OCH3 is 2. The summed E-state index contributed by atoms with van der Waals surface area (Å²) in [5.74, 6) is 2.19.